The van der Waals surface area contributed by atoms with E-state index >= 15 is 0 Å². The van der Waals surface area contributed by atoms with E-state index in [2.05, 4.69) is 16.0 Å². The lowest BCUT2D eigenvalue weighted by molar-refractivity contribution is 0.100. The van der Waals surface area contributed by atoms with Crippen molar-refractivity contribution in [3.8, 4) is 0 Å². The molecule has 0 spiro atoms. The van der Waals surface area contributed by atoms with E-state index in [4.69, 9.17) is 11.1 Å². The number of halogens is 1. The van der Waals surface area contributed by atoms with Crippen LogP contribution in [0.25, 0.3) is 0 Å². The summed E-state index contributed by atoms with van der Waals surface area (Å²) in [6.45, 7) is 1.82. The number of primary amides is 1. The first-order valence-corrected chi connectivity index (χ1v) is 7.23. The number of allylic oxidation sites excluding steroid dienone is 1. The fourth-order valence-electron chi connectivity index (χ4n) is 2.82. The Morgan fingerprint density at radius 1 is 1.32 bits per heavy atom. The van der Waals surface area contributed by atoms with Crippen LogP contribution in [0.1, 0.15) is 23.2 Å². The summed E-state index contributed by atoms with van der Waals surface area (Å²) in [5, 5.41) is 17.4. The number of hydrogen-bond donors (Lipinski definition) is 5. The third kappa shape index (κ3) is 2.80. The van der Waals surface area contributed by atoms with Crippen molar-refractivity contribution in [2.24, 2.45) is 11.7 Å². The number of rotatable bonds is 3. The number of carbonyl (C=O) groups is 1. The number of carbonyl (C=O) groups excluding carboxylic acids is 1. The molecule has 3 rings (SSSR count). The number of nitrogens with two attached hydrogens (primary N) is 1. The van der Waals surface area contributed by atoms with Gasteiger partial charge in [-0.3, -0.25) is 4.79 Å². The van der Waals surface area contributed by atoms with Gasteiger partial charge in [0.25, 0.3) is 5.91 Å². The molecule has 2 heterocycles. The predicted octanol–water partition coefficient (Wildman–Crippen LogP) is 1.62. The van der Waals surface area contributed by atoms with E-state index in [0.29, 0.717) is 22.9 Å². The molecule has 2 aliphatic heterocycles. The van der Waals surface area contributed by atoms with Gasteiger partial charge in [0, 0.05) is 11.6 Å². The van der Waals surface area contributed by atoms with Crippen LogP contribution in [0.3, 0.4) is 0 Å². The summed E-state index contributed by atoms with van der Waals surface area (Å²) in [5.74, 6) is -0.448. The Morgan fingerprint density at radius 2 is 2.05 bits per heavy atom. The third-order valence-electron chi connectivity index (χ3n) is 3.98. The number of anilines is 2. The molecule has 7 heteroatoms. The van der Waals surface area contributed by atoms with Crippen LogP contribution in [-0.4, -0.2) is 24.7 Å². The fraction of sp³-hybridized carbons (Fsp3) is 0.333. The van der Waals surface area contributed by atoms with E-state index in [-0.39, 0.29) is 11.5 Å². The van der Waals surface area contributed by atoms with E-state index in [9.17, 15) is 9.18 Å². The van der Waals surface area contributed by atoms with Crippen molar-refractivity contribution in [2.75, 3.05) is 23.7 Å². The number of benzene rings is 1. The monoisotopic (exact) mass is 303 g/mol. The summed E-state index contributed by atoms with van der Waals surface area (Å²) in [6, 6.07) is 2.40. The number of hydrogen-bond acceptors (Lipinski definition) is 5. The highest BCUT2D eigenvalue weighted by Crippen LogP contribution is 2.35. The van der Waals surface area contributed by atoms with E-state index in [1.54, 1.807) is 6.08 Å². The smallest absolute Gasteiger partial charge is 0.250 e. The summed E-state index contributed by atoms with van der Waals surface area (Å²) in [5.41, 5.74) is 6.81. The van der Waals surface area contributed by atoms with Gasteiger partial charge in [0.05, 0.1) is 16.9 Å². The minimum absolute atomic E-state index is 0.0966. The minimum atomic E-state index is -0.695. The van der Waals surface area contributed by atoms with Gasteiger partial charge in [0.15, 0.2) is 0 Å². The molecule has 0 atom stereocenters. The minimum Gasteiger partial charge on any atom is -0.366 e. The molecule has 0 aliphatic carbocycles. The Morgan fingerprint density at radius 3 is 2.73 bits per heavy atom. The van der Waals surface area contributed by atoms with Crippen LogP contribution in [0.5, 0.6) is 0 Å². The lowest BCUT2D eigenvalue weighted by Gasteiger charge is -2.22. The van der Waals surface area contributed by atoms with Gasteiger partial charge >= 0.3 is 0 Å². The van der Waals surface area contributed by atoms with Crippen molar-refractivity contribution in [3.63, 3.8) is 0 Å². The quantitative estimate of drug-likeness (QED) is 0.547. The largest absolute Gasteiger partial charge is 0.366 e. The zero-order valence-corrected chi connectivity index (χ0v) is 12.0. The predicted molar refractivity (Wildman–Crippen MR) is 83.6 cm³/mol. The van der Waals surface area contributed by atoms with Gasteiger partial charge in [0.1, 0.15) is 11.6 Å². The molecule has 6 nitrogen and oxygen atoms in total. The van der Waals surface area contributed by atoms with Gasteiger partial charge < -0.3 is 27.1 Å². The number of nitrogens with one attached hydrogen (secondary N) is 4. The maximum atomic E-state index is 13.5. The van der Waals surface area contributed by atoms with Gasteiger partial charge in [-0.05, 0) is 44.1 Å². The SMILES string of the molecule is N=C(/C=C1/Nc2cc(F)cc(C(N)=O)c2N1)C1CCNCC1. The van der Waals surface area contributed by atoms with Crippen molar-refractivity contribution in [2.45, 2.75) is 12.8 Å². The number of amides is 1. The van der Waals surface area contributed by atoms with Gasteiger partial charge in [0.2, 0.25) is 0 Å². The Labute approximate surface area is 127 Å². The van der Waals surface area contributed by atoms with Crippen LogP contribution in [0.15, 0.2) is 24.0 Å². The molecule has 22 heavy (non-hydrogen) atoms. The van der Waals surface area contributed by atoms with Crippen LogP contribution in [0.4, 0.5) is 15.8 Å². The number of piperidine rings is 1. The lowest BCUT2D eigenvalue weighted by atomic mass is 9.93. The highest BCUT2D eigenvalue weighted by atomic mass is 19.1. The van der Waals surface area contributed by atoms with Crippen molar-refractivity contribution in [3.05, 3.63) is 35.4 Å². The molecular weight excluding hydrogens is 285 g/mol. The average molecular weight is 303 g/mol. The van der Waals surface area contributed by atoms with E-state index in [1.165, 1.54) is 6.07 Å². The molecule has 1 fully saturated rings. The standard InChI is InChI=1S/C15H18FN5O/c16-9-5-10(15(18)22)14-12(6-9)20-13(21-14)7-11(17)8-1-3-19-4-2-8/h5-8,17,19-21H,1-4H2,(H2,18,22)/b13-7-,17-11?. The van der Waals surface area contributed by atoms with Crippen molar-refractivity contribution >= 4 is 23.0 Å². The molecule has 0 aromatic heterocycles. The molecule has 1 aromatic rings. The molecule has 6 N–H and O–H groups in total. The van der Waals surface area contributed by atoms with Crippen LogP contribution in [0.2, 0.25) is 0 Å². The Bertz CT molecular complexity index is 664. The van der Waals surface area contributed by atoms with Crippen LogP contribution >= 0.6 is 0 Å². The topological polar surface area (TPSA) is 103 Å². The van der Waals surface area contributed by atoms with Gasteiger partial charge in [-0.2, -0.15) is 0 Å². The molecule has 0 unspecified atom stereocenters. The Kier molecular flexibility index (Phi) is 3.81. The average Bonchev–Trinajstić information content (AvgIpc) is 2.89. The molecule has 2 aliphatic rings. The first-order valence-electron chi connectivity index (χ1n) is 7.23. The van der Waals surface area contributed by atoms with Gasteiger partial charge in [-0.1, -0.05) is 0 Å². The fourth-order valence-corrected chi connectivity index (χ4v) is 2.82. The summed E-state index contributed by atoms with van der Waals surface area (Å²) in [6.07, 6.45) is 3.55. The third-order valence-corrected chi connectivity index (χ3v) is 3.98. The first kappa shape index (κ1) is 14.5. The van der Waals surface area contributed by atoms with Gasteiger partial charge in [-0.25, -0.2) is 4.39 Å². The molecule has 116 valence electrons. The van der Waals surface area contributed by atoms with Crippen LogP contribution in [-0.2, 0) is 0 Å². The number of fused-ring (bicyclic) bond motifs is 1. The Hall–Kier alpha value is -2.41. The van der Waals surface area contributed by atoms with Gasteiger partial charge in [-0.15, -0.1) is 0 Å². The van der Waals surface area contributed by atoms with Crippen molar-refractivity contribution < 1.29 is 9.18 Å². The first-order chi connectivity index (χ1) is 10.5. The molecule has 0 radical (unpaired) electrons. The van der Waals surface area contributed by atoms with Crippen molar-refractivity contribution in [1.29, 1.82) is 5.41 Å². The second-order valence-corrected chi connectivity index (χ2v) is 5.53. The second-order valence-electron chi connectivity index (χ2n) is 5.53. The Balaban J connectivity index is 1.81. The van der Waals surface area contributed by atoms with E-state index < -0.39 is 11.7 Å². The second kappa shape index (κ2) is 5.76. The maximum Gasteiger partial charge on any atom is 0.250 e. The molecule has 1 saturated heterocycles. The van der Waals surface area contributed by atoms with Crippen molar-refractivity contribution in [1.82, 2.24) is 5.32 Å². The molecule has 0 saturated carbocycles. The normalized spacial score (nSPS) is 19.4. The summed E-state index contributed by atoms with van der Waals surface area (Å²) >= 11 is 0. The van der Waals surface area contributed by atoms with E-state index in [0.717, 1.165) is 32.0 Å². The summed E-state index contributed by atoms with van der Waals surface area (Å²) in [7, 11) is 0. The van der Waals surface area contributed by atoms with Crippen LogP contribution < -0.4 is 21.7 Å². The zero-order chi connectivity index (χ0) is 15.7. The molecule has 1 aromatic carbocycles. The summed E-state index contributed by atoms with van der Waals surface area (Å²) in [4.78, 5) is 11.4. The summed E-state index contributed by atoms with van der Waals surface area (Å²) < 4.78 is 13.5. The maximum absolute atomic E-state index is 13.5. The molecule has 1 amide bonds. The molecular formula is C15H18FN5O. The van der Waals surface area contributed by atoms with E-state index in [1.807, 2.05) is 0 Å². The zero-order valence-electron chi connectivity index (χ0n) is 12.0. The van der Waals surface area contributed by atoms with Crippen LogP contribution in [0, 0.1) is 17.1 Å². The molecule has 0 bridgehead atoms. The highest BCUT2D eigenvalue weighted by Gasteiger charge is 2.23. The lowest BCUT2D eigenvalue weighted by Crippen LogP contribution is -2.31. The highest BCUT2D eigenvalue weighted by molar-refractivity contribution is 6.04.